The Kier molecular flexibility index (Phi) is 7.59. The first-order valence-corrected chi connectivity index (χ1v) is 11.9. The topological polar surface area (TPSA) is 56.8 Å². The zero-order valence-corrected chi connectivity index (χ0v) is 21.1. The molecule has 1 amide bonds. The monoisotopic (exact) mass is 481 g/mol. The molecule has 0 aromatic heterocycles. The summed E-state index contributed by atoms with van der Waals surface area (Å²) in [5.74, 6) is 2.72. The van der Waals surface area contributed by atoms with Crippen LogP contribution in [0.2, 0.25) is 0 Å². The number of hydrogen-bond donors (Lipinski definition) is 1. The van der Waals surface area contributed by atoms with Gasteiger partial charge in [-0.2, -0.15) is 0 Å². The van der Waals surface area contributed by atoms with Crippen LogP contribution in [0.25, 0.3) is 0 Å². The van der Waals surface area contributed by atoms with Crippen LogP contribution in [0, 0.1) is 0 Å². The van der Waals surface area contributed by atoms with Crippen LogP contribution in [0.1, 0.15) is 42.3 Å². The molecule has 184 valence electrons. The van der Waals surface area contributed by atoms with Crippen molar-refractivity contribution in [2.24, 2.45) is 0 Å². The van der Waals surface area contributed by atoms with E-state index >= 15 is 0 Å². The molecule has 4 aromatic rings. The lowest BCUT2D eigenvalue weighted by Crippen LogP contribution is -2.14. The molecule has 0 aliphatic carbocycles. The fourth-order valence-corrected chi connectivity index (χ4v) is 3.83. The molecule has 5 heteroatoms. The molecular formula is C31H31NO4. The third-order valence-electron chi connectivity index (χ3n) is 5.71. The van der Waals surface area contributed by atoms with E-state index in [1.165, 1.54) is 0 Å². The summed E-state index contributed by atoms with van der Waals surface area (Å²) in [5, 5.41) is 2.94. The highest BCUT2D eigenvalue weighted by molar-refractivity contribution is 6.04. The highest BCUT2D eigenvalue weighted by atomic mass is 16.5. The van der Waals surface area contributed by atoms with Crippen molar-refractivity contribution in [3.05, 3.63) is 114 Å². The second-order valence-corrected chi connectivity index (χ2v) is 9.46. The zero-order chi connectivity index (χ0) is 25.5. The number of amides is 1. The fraction of sp³-hybridized carbons (Fsp3) is 0.194. The summed E-state index contributed by atoms with van der Waals surface area (Å²) in [6.07, 6.45) is 0. The largest absolute Gasteiger partial charge is 0.496 e. The van der Waals surface area contributed by atoms with Crippen LogP contribution in [0.5, 0.6) is 23.0 Å². The molecule has 0 saturated heterocycles. The summed E-state index contributed by atoms with van der Waals surface area (Å²) in [4.78, 5) is 13.0. The number of para-hydroxylation sites is 2. The number of rotatable bonds is 8. The SMILES string of the molecule is COc1ccc(C(=O)Nc2ccc(Oc3ccccc3)cc2)cc1COc1ccccc1C(C)(C)C. The molecule has 4 rings (SSSR count). The van der Waals surface area contributed by atoms with Gasteiger partial charge in [0, 0.05) is 16.8 Å². The minimum Gasteiger partial charge on any atom is -0.496 e. The Labute approximate surface area is 212 Å². The lowest BCUT2D eigenvalue weighted by atomic mass is 9.86. The number of carbonyl (C=O) groups is 1. The lowest BCUT2D eigenvalue weighted by molar-refractivity contribution is 0.102. The van der Waals surface area contributed by atoms with Crippen LogP contribution in [-0.4, -0.2) is 13.0 Å². The van der Waals surface area contributed by atoms with E-state index in [0.29, 0.717) is 22.7 Å². The third-order valence-corrected chi connectivity index (χ3v) is 5.71. The first kappa shape index (κ1) is 24.9. The normalized spacial score (nSPS) is 11.0. The van der Waals surface area contributed by atoms with Crippen molar-refractivity contribution in [1.29, 1.82) is 0 Å². The Morgan fingerprint density at radius 3 is 2.14 bits per heavy atom. The molecular weight excluding hydrogens is 450 g/mol. The lowest BCUT2D eigenvalue weighted by Gasteiger charge is -2.23. The summed E-state index contributed by atoms with van der Waals surface area (Å²) in [5.41, 5.74) is 3.05. The van der Waals surface area contributed by atoms with Crippen molar-refractivity contribution < 1.29 is 19.0 Å². The summed E-state index contributed by atoms with van der Waals surface area (Å²) in [6, 6.07) is 30.2. The molecule has 0 bridgehead atoms. The molecule has 0 unspecified atom stereocenters. The van der Waals surface area contributed by atoms with Crippen LogP contribution in [-0.2, 0) is 12.0 Å². The first-order chi connectivity index (χ1) is 17.3. The van der Waals surface area contributed by atoms with E-state index in [1.807, 2.05) is 72.8 Å². The van der Waals surface area contributed by atoms with Crippen molar-refractivity contribution in [3.8, 4) is 23.0 Å². The molecule has 0 spiro atoms. The van der Waals surface area contributed by atoms with Crippen LogP contribution in [0.15, 0.2) is 97.1 Å². The van der Waals surface area contributed by atoms with Gasteiger partial charge in [-0.15, -0.1) is 0 Å². The van der Waals surface area contributed by atoms with E-state index in [-0.39, 0.29) is 17.9 Å². The second-order valence-electron chi connectivity index (χ2n) is 9.46. The van der Waals surface area contributed by atoms with Crippen molar-refractivity contribution in [3.63, 3.8) is 0 Å². The number of hydrogen-bond acceptors (Lipinski definition) is 4. The number of methoxy groups -OCH3 is 1. The van der Waals surface area contributed by atoms with Crippen molar-refractivity contribution >= 4 is 11.6 Å². The Hall–Kier alpha value is -4.25. The molecule has 0 atom stereocenters. The van der Waals surface area contributed by atoms with E-state index in [4.69, 9.17) is 14.2 Å². The molecule has 0 aliphatic heterocycles. The van der Waals surface area contributed by atoms with Crippen LogP contribution < -0.4 is 19.5 Å². The number of anilines is 1. The maximum absolute atomic E-state index is 13.0. The highest BCUT2D eigenvalue weighted by Crippen LogP contribution is 2.32. The molecule has 5 nitrogen and oxygen atoms in total. The first-order valence-electron chi connectivity index (χ1n) is 11.9. The molecule has 4 aromatic carbocycles. The van der Waals surface area contributed by atoms with Gasteiger partial charge in [-0.25, -0.2) is 0 Å². The minimum atomic E-state index is -0.217. The summed E-state index contributed by atoms with van der Waals surface area (Å²) >= 11 is 0. The van der Waals surface area contributed by atoms with Gasteiger partial charge in [0.2, 0.25) is 0 Å². The molecule has 0 fully saturated rings. The van der Waals surface area contributed by atoms with E-state index < -0.39 is 0 Å². The van der Waals surface area contributed by atoms with E-state index in [1.54, 1.807) is 25.3 Å². The molecule has 0 aliphatic rings. The third kappa shape index (κ3) is 6.25. The molecule has 0 saturated carbocycles. The number of carbonyl (C=O) groups excluding carboxylic acids is 1. The quantitative estimate of drug-likeness (QED) is 0.281. The van der Waals surface area contributed by atoms with Crippen LogP contribution in [0.4, 0.5) is 5.69 Å². The van der Waals surface area contributed by atoms with Crippen molar-refractivity contribution in [1.82, 2.24) is 0 Å². The average molecular weight is 482 g/mol. The number of ether oxygens (including phenoxy) is 3. The Balaban J connectivity index is 1.45. The van der Waals surface area contributed by atoms with Gasteiger partial charge < -0.3 is 19.5 Å². The van der Waals surface area contributed by atoms with Gasteiger partial charge in [0.05, 0.1) is 7.11 Å². The molecule has 36 heavy (non-hydrogen) atoms. The smallest absolute Gasteiger partial charge is 0.255 e. The Morgan fingerprint density at radius 1 is 0.778 bits per heavy atom. The zero-order valence-electron chi connectivity index (χ0n) is 21.1. The molecule has 1 N–H and O–H groups in total. The van der Waals surface area contributed by atoms with Crippen LogP contribution >= 0.6 is 0 Å². The molecule has 0 radical (unpaired) electrons. The van der Waals surface area contributed by atoms with E-state index in [2.05, 4.69) is 32.2 Å². The average Bonchev–Trinajstić information content (AvgIpc) is 2.88. The maximum Gasteiger partial charge on any atom is 0.255 e. The van der Waals surface area contributed by atoms with Crippen molar-refractivity contribution in [2.75, 3.05) is 12.4 Å². The number of nitrogens with one attached hydrogen (secondary N) is 1. The van der Waals surface area contributed by atoms with Gasteiger partial charge in [0.1, 0.15) is 29.6 Å². The van der Waals surface area contributed by atoms with E-state index in [0.717, 1.165) is 22.6 Å². The predicted octanol–water partition coefficient (Wildman–Crippen LogP) is 7.62. The second kappa shape index (κ2) is 11.0. The number of benzene rings is 4. The predicted molar refractivity (Wildman–Crippen MR) is 143 cm³/mol. The Bertz CT molecular complexity index is 1310. The van der Waals surface area contributed by atoms with Gasteiger partial charge in [-0.05, 0) is 71.6 Å². The highest BCUT2D eigenvalue weighted by Gasteiger charge is 2.19. The van der Waals surface area contributed by atoms with Gasteiger partial charge >= 0.3 is 0 Å². The van der Waals surface area contributed by atoms with Crippen LogP contribution in [0.3, 0.4) is 0 Å². The summed E-state index contributed by atoms with van der Waals surface area (Å²) in [6.45, 7) is 6.74. The fourth-order valence-electron chi connectivity index (χ4n) is 3.83. The Morgan fingerprint density at radius 2 is 1.44 bits per heavy atom. The van der Waals surface area contributed by atoms with Gasteiger partial charge in [-0.1, -0.05) is 57.2 Å². The van der Waals surface area contributed by atoms with Gasteiger partial charge in [0.25, 0.3) is 5.91 Å². The maximum atomic E-state index is 13.0. The van der Waals surface area contributed by atoms with Gasteiger partial charge in [-0.3, -0.25) is 4.79 Å². The standard InChI is InChI=1S/C31H31NO4/c1-31(2,3)27-12-8-9-13-29(27)35-21-23-20-22(14-19-28(23)34-4)30(33)32-24-15-17-26(18-16-24)36-25-10-6-5-7-11-25/h5-20H,21H2,1-4H3,(H,32,33). The van der Waals surface area contributed by atoms with Gasteiger partial charge in [0.15, 0.2) is 0 Å². The van der Waals surface area contributed by atoms with Crippen molar-refractivity contribution in [2.45, 2.75) is 32.8 Å². The summed E-state index contributed by atoms with van der Waals surface area (Å²) in [7, 11) is 1.61. The summed E-state index contributed by atoms with van der Waals surface area (Å²) < 4.78 is 17.5. The molecule has 0 heterocycles. The van der Waals surface area contributed by atoms with E-state index in [9.17, 15) is 4.79 Å². The minimum absolute atomic E-state index is 0.0515.